The molecule has 2 aliphatic carbocycles. The minimum absolute atomic E-state index is 0. The van der Waals surface area contributed by atoms with Crippen molar-refractivity contribution >= 4 is 5.57 Å². The molecule has 2 atom stereocenters. The van der Waals surface area contributed by atoms with Crippen molar-refractivity contribution in [1.82, 2.24) is 0 Å². The lowest BCUT2D eigenvalue weighted by molar-refractivity contribution is 0.762. The molecule has 24 heavy (non-hydrogen) atoms. The molecule has 1 heteroatoms. The number of fused-ring (bicyclic) bond motifs is 1. The molecule has 2 aromatic rings. The number of allylic oxidation sites excluding steroid dienone is 2. The lowest BCUT2D eigenvalue weighted by atomic mass is 9.99. The average molecular weight is 317 g/mol. The van der Waals surface area contributed by atoms with Gasteiger partial charge in [-0.05, 0) is 60.4 Å². The van der Waals surface area contributed by atoms with Gasteiger partial charge in [0.15, 0.2) is 0 Å². The molecule has 2 aromatic carbocycles. The number of nitriles is 1. The van der Waals surface area contributed by atoms with Gasteiger partial charge in [-0.15, -0.1) is 0 Å². The van der Waals surface area contributed by atoms with E-state index in [2.05, 4.69) is 50.3 Å². The van der Waals surface area contributed by atoms with E-state index in [0.717, 1.165) is 23.8 Å². The standard InChI is InChI=1S/C15H15N.C7H8.CH4/c1-2-11-8-15(11)13-6-5-12-4-3-10(9-16)7-14(12)13;1-7-5-3-2-4-6-7;/h3-4,6-7,11,15H,2,5,8H2,1H3;2-6H,1H3;1H4. The summed E-state index contributed by atoms with van der Waals surface area (Å²) in [5, 5.41) is 8.94. The van der Waals surface area contributed by atoms with Gasteiger partial charge in [0, 0.05) is 0 Å². The molecule has 1 saturated carbocycles. The Morgan fingerprint density at radius 3 is 2.42 bits per heavy atom. The van der Waals surface area contributed by atoms with Crippen molar-refractivity contribution in [2.75, 3.05) is 0 Å². The van der Waals surface area contributed by atoms with Crippen LogP contribution in [0.1, 0.15) is 49.4 Å². The van der Waals surface area contributed by atoms with E-state index in [-0.39, 0.29) is 7.43 Å². The van der Waals surface area contributed by atoms with Gasteiger partial charge in [0.2, 0.25) is 0 Å². The van der Waals surface area contributed by atoms with E-state index in [9.17, 15) is 0 Å². The second-order valence-corrected chi connectivity index (χ2v) is 6.51. The Morgan fingerprint density at radius 2 is 1.88 bits per heavy atom. The highest BCUT2D eigenvalue weighted by atomic mass is 14.4. The highest BCUT2D eigenvalue weighted by Gasteiger charge is 2.40. The zero-order chi connectivity index (χ0) is 16.2. The zero-order valence-corrected chi connectivity index (χ0v) is 13.9. The van der Waals surface area contributed by atoms with Crippen molar-refractivity contribution in [1.29, 1.82) is 5.26 Å². The Kier molecular flexibility index (Phi) is 5.99. The van der Waals surface area contributed by atoms with Crippen LogP contribution in [0.4, 0.5) is 0 Å². The molecule has 0 radical (unpaired) electrons. The Labute approximate surface area is 146 Å². The van der Waals surface area contributed by atoms with Gasteiger partial charge in [-0.2, -0.15) is 5.26 Å². The van der Waals surface area contributed by atoms with E-state index in [1.54, 1.807) is 0 Å². The van der Waals surface area contributed by atoms with Crippen LogP contribution in [0.15, 0.2) is 54.6 Å². The molecule has 0 spiro atoms. The van der Waals surface area contributed by atoms with E-state index in [1.807, 2.05) is 24.3 Å². The normalized spacial score (nSPS) is 19.8. The van der Waals surface area contributed by atoms with Gasteiger partial charge in [-0.3, -0.25) is 0 Å². The second-order valence-electron chi connectivity index (χ2n) is 6.51. The summed E-state index contributed by atoms with van der Waals surface area (Å²) in [6, 6.07) is 18.6. The van der Waals surface area contributed by atoms with Gasteiger partial charge in [-0.25, -0.2) is 0 Å². The topological polar surface area (TPSA) is 23.8 Å². The molecule has 1 nitrogen and oxygen atoms in total. The fraction of sp³-hybridized carbons (Fsp3) is 0.348. The van der Waals surface area contributed by atoms with Gasteiger partial charge in [-0.1, -0.05) is 68.8 Å². The number of hydrogen-bond acceptors (Lipinski definition) is 1. The maximum Gasteiger partial charge on any atom is 0.0991 e. The number of benzene rings is 2. The predicted octanol–water partition coefficient (Wildman–Crippen LogP) is 6.18. The first kappa shape index (κ1) is 18.0. The van der Waals surface area contributed by atoms with Crippen LogP contribution in [0.2, 0.25) is 0 Å². The maximum atomic E-state index is 8.94. The minimum Gasteiger partial charge on any atom is -0.192 e. The summed E-state index contributed by atoms with van der Waals surface area (Å²) in [4.78, 5) is 0. The highest BCUT2D eigenvalue weighted by molar-refractivity contribution is 5.77. The maximum absolute atomic E-state index is 8.94. The zero-order valence-electron chi connectivity index (χ0n) is 13.9. The van der Waals surface area contributed by atoms with Crippen molar-refractivity contribution in [2.24, 2.45) is 11.8 Å². The van der Waals surface area contributed by atoms with Gasteiger partial charge in [0.25, 0.3) is 0 Å². The molecule has 2 aliphatic rings. The van der Waals surface area contributed by atoms with Crippen molar-refractivity contribution in [3.8, 4) is 6.07 Å². The Balaban J connectivity index is 0.000000222. The van der Waals surface area contributed by atoms with E-state index < -0.39 is 0 Å². The molecular formula is C23H27N. The Hall–Kier alpha value is -2.33. The quantitative estimate of drug-likeness (QED) is 0.649. The average Bonchev–Trinajstić information content (AvgIpc) is 3.26. The van der Waals surface area contributed by atoms with Crippen molar-refractivity contribution in [3.05, 3.63) is 76.9 Å². The van der Waals surface area contributed by atoms with Crippen molar-refractivity contribution in [2.45, 2.75) is 40.5 Å². The fourth-order valence-corrected chi connectivity index (χ4v) is 3.39. The lowest BCUT2D eigenvalue weighted by Crippen LogP contribution is -1.90. The van der Waals surface area contributed by atoms with Crippen LogP contribution in [-0.4, -0.2) is 0 Å². The summed E-state index contributed by atoms with van der Waals surface area (Å²) < 4.78 is 0. The molecule has 0 N–H and O–H groups in total. The first-order valence-corrected chi connectivity index (χ1v) is 8.48. The van der Waals surface area contributed by atoms with Gasteiger partial charge in [0.05, 0.1) is 11.6 Å². The van der Waals surface area contributed by atoms with Crippen molar-refractivity contribution < 1.29 is 0 Å². The van der Waals surface area contributed by atoms with Crippen molar-refractivity contribution in [3.63, 3.8) is 0 Å². The van der Waals surface area contributed by atoms with Gasteiger partial charge < -0.3 is 0 Å². The smallest absolute Gasteiger partial charge is 0.0991 e. The lowest BCUT2D eigenvalue weighted by Gasteiger charge is -2.05. The summed E-state index contributed by atoms with van der Waals surface area (Å²) in [5.74, 6) is 1.67. The molecule has 124 valence electrons. The van der Waals surface area contributed by atoms with Crippen LogP contribution in [0.3, 0.4) is 0 Å². The third-order valence-corrected chi connectivity index (χ3v) is 4.88. The number of rotatable bonds is 2. The molecule has 0 amide bonds. The molecule has 0 saturated heterocycles. The predicted molar refractivity (Wildman–Crippen MR) is 103 cm³/mol. The monoisotopic (exact) mass is 317 g/mol. The third kappa shape index (κ3) is 3.95. The summed E-state index contributed by atoms with van der Waals surface area (Å²) in [6.45, 7) is 4.35. The summed E-state index contributed by atoms with van der Waals surface area (Å²) in [6.07, 6.45) is 6.06. The van der Waals surface area contributed by atoms with Crippen LogP contribution in [0.25, 0.3) is 5.57 Å². The third-order valence-electron chi connectivity index (χ3n) is 4.88. The van der Waals surface area contributed by atoms with E-state index in [4.69, 9.17) is 5.26 Å². The number of aryl methyl sites for hydroxylation is 1. The first-order valence-electron chi connectivity index (χ1n) is 8.48. The summed E-state index contributed by atoms with van der Waals surface area (Å²) in [5.41, 5.74) is 6.37. The summed E-state index contributed by atoms with van der Waals surface area (Å²) in [7, 11) is 0. The molecule has 0 bridgehead atoms. The first-order chi connectivity index (χ1) is 11.2. The summed E-state index contributed by atoms with van der Waals surface area (Å²) >= 11 is 0. The molecule has 4 rings (SSSR count). The second kappa shape index (κ2) is 7.97. The fourth-order valence-electron chi connectivity index (χ4n) is 3.39. The molecule has 2 unspecified atom stereocenters. The highest BCUT2D eigenvalue weighted by Crippen LogP contribution is 2.52. The van der Waals surface area contributed by atoms with E-state index in [0.29, 0.717) is 0 Å². The molecule has 0 aromatic heterocycles. The number of hydrogen-bond donors (Lipinski definition) is 0. The van der Waals surface area contributed by atoms with Gasteiger partial charge >= 0.3 is 0 Å². The SMILES string of the molecule is C.CCC1CC1C1=CCc2ccc(C#N)cc21.Cc1ccccc1. The van der Waals surface area contributed by atoms with Crippen LogP contribution < -0.4 is 0 Å². The van der Waals surface area contributed by atoms with Crippen LogP contribution in [0, 0.1) is 30.1 Å². The number of nitrogens with zero attached hydrogens (tertiary/aromatic N) is 1. The molecule has 0 heterocycles. The molecule has 0 aliphatic heterocycles. The van der Waals surface area contributed by atoms with Gasteiger partial charge in [0.1, 0.15) is 0 Å². The minimum atomic E-state index is 0. The Morgan fingerprint density at radius 1 is 1.12 bits per heavy atom. The Bertz CT molecular complexity index is 749. The van der Waals surface area contributed by atoms with Crippen LogP contribution in [0.5, 0.6) is 0 Å². The molecular weight excluding hydrogens is 290 g/mol. The van der Waals surface area contributed by atoms with E-state index >= 15 is 0 Å². The van der Waals surface area contributed by atoms with E-state index in [1.165, 1.54) is 35.1 Å². The molecule has 1 fully saturated rings. The van der Waals surface area contributed by atoms with Crippen LogP contribution >= 0.6 is 0 Å². The largest absolute Gasteiger partial charge is 0.192 e. The van der Waals surface area contributed by atoms with Crippen LogP contribution in [-0.2, 0) is 6.42 Å².